The molecule has 1 heterocycles. The molecule has 6 heteroatoms. The molecule has 4 rings (SSSR count). The number of halogens is 1. The molecule has 1 aliphatic carbocycles. The molecule has 1 aromatic heterocycles. The van der Waals surface area contributed by atoms with Crippen LogP contribution in [0.15, 0.2) is 60.6 Å². The molecule has 0 saturated heterocycles. The van der Waals surface area contributed by atoms with Crippen molar-refractivity contribution in [2.75, 3.05) is 7.11 Å². The van der Waals surface area contributed by atoms with Crippen LogP contribution >= 0.6 is 0 Å². The Balaban J connectivity index is 1.63. The molecule has 2 aromatic carbocycles. The van der Waals surface area contributed by atoms with Gasteiger partial charge in [-0.25, -0.2) is 9.37 Å². The van der Waals surface area contributed by atoms with Crippen molar-refractivity contribution in [2.45, 2.75) is 45.1 Å². The van der Waals surface area contributed by atoms with Crippen molar-refractivity contribution < 1.29 is 19.0 Å². The van der Waals surface area contributed by atoms with E-state index in [-0.39, 0.29) is 23.4 Å². The molecule has 1 unspecified atom stereocenters. The zero-order valence-electron chi connectivity index (χ0n) is 19.2. The maximum absolute atomic E-state index is 13.5. The highest BCUT2D eigenvalue weighted by atomic mass is 19.1. The summed E-state index contributed by atoms with van der Waals surface area (Å²) in [5, 5.41) is 10.5. The molecular weight excluding hydrogens is 419 g/mol. The number of hydrogen-bond donors (Lipinski definition) is 1. The Hall–Kier alpha value is -3.25. The van der Waals surface area contributed by atoms with Crippen LogP contribution < -0.4 is 4.74 Å². The van der Waals surface area contributed by atoms with E-state index in [2.05, 4.69) is 4.98 Å². The molecule has 3 atom stereocenters. The number of carbonyl (C=O) groups excluding carboxylic acids is 1. The fourth-order valence-electron chi connectivity index (χ4n) is 4.77. The Morgan fingerprint density at radius 1 is 1.24 bits per heavy atom. The topological polar surface area (TPSA) is 64.3 Å². The molecule has 1 aliphatic rings. The Morgan fingerprint density at radius 2 is 2.00 bits per heavy atom. The maximum atomic E-state index is 13.5. The second-order valence-electron chi connectivity index (χ2n) is 8.70. The van der Waals surface area contributed by atoms with Crippen LogP contribution in [0, 0.1) is 18.7 Å². The van der Waals surface area contributed by atoms with Crippen molar-refractivity contribution in [3.8, 4) is 11.4 Å². The molecule has 5 nitrogen and oxygen atoms in total. The summed E-state index contributed by atoms with van der Waals surface area (Å²) in [6.07, 6.45) is 7.12. The monoisotopic (exact) mass is 448 g/mol. The lowest BCUT2D eigenvalue weighted by molar-refractivity contribution is -0.122. The summed E-state index contributed by atoms with van der Waals surface area (Å²) in [4.78, 5) is 17.7. The van der Waals surface area contributed by atoms with Gasteiger partial charge in [0.15, 0.2) is 5.78 Å². The number of aryl methyl sites for hydroxylation is 1. The molecule has 1 saturated carbocycles. The summed E-state index contributed by atoms with van der Waals surface area (Å²) in [6.45, 7) is 3.63. The second kappa shape index (κ2) is 9.71. The summed E-state index contributed by atoms with van der Waals surface area (Å²) in [7, 11) is 1.62. The number of imidazole rings is 1. The van der Waals surface area contributed by atoms with Gasteiger partial charge in [-0.05, 0) is 80.2 Å². The van der Waals surface area contributed by atoms with E-state index in [1.54, 1.807) is 32.5 Å². The SMILES string of the molecule is COc1cc(C=C2CCC[C@H](C(c3ccc(F)cc3)[C@@H](C)O)C2=O)ccc1-n1cnc(C)c1. The van der Waals surface area contributed by atoms with Crippen molar-refractivity contribution in [1.29, 1.82) is 0 Å². The fourth-order valence-corrected chi connectivity index (χ4v) is 4.77. The van der Waals surface area contributed by atoms with Gasteiger partial charge in [0.25, 0.3) is 0 Å². The summed E-state index contributed by atoms with van der Waals surface area (Å²) in [5.41, 5.74) is 4.20. The molecule has 0 bridgehead atoms. The highest BCUT2D eigenvalue weighted by molar-refractivity contribution is 6.02. The van der Waals surface area contributed by atoms with E-state index in [9.17, 15) is 14.3 Å². The molecule has 0 spiro atoms. The van der Waals surface area contributed by atoms with E-state index in [0.717, 1.165) is 34.5 Å². The molecule has 1 N–H and O–H groups in total. The molecule has 0 amide bonds. The van der Waals surface area contributed by atoms with Crippen LogP contribution in [-0.4, -0.2) is 33.7 Å². The first-order valence-electron chi connectivity index (χ1n) is 11.2. The number of ether oxygens (including phenoxy) is 1. The van der Waals surface area contributed by atoms with E-state index in [1.165, 1.54) is 12.1 Å². The summed E-state index contributed by atoms with van der Waals surface area (Å²) in [6, 6.07) is 11.9. The quantitative estimate of drug-likeness (QED) is 0.524. The van der Waals surface area contributed by atoms with Gasteiger partial charge in [0.1, 0.15) is 11.6 Å². The lowest BCUT2D eigenvalue weighted by Crippen LogP contribution is -2.33. The minimum atomic E-state index is -0.721. The Bertz CT molecular complexity index is 1160. The first-order valence-corrected chi connectivity index (χ1v) is 11.2. The Labute approximate surface area is 193 Å². The average Bonchev–Trinajstić information content (AvgIpc) is 3.23. The van der Waals surface area contributed by atoms with E-state index in [4.69, 9.17) is 4.74 Å². The average molecular weight is 449 g/mol. The predicted octanol–water partition coefficient (Wildman–Crippen LogP) is 5.25. The van der Waals surface area contributed by atoms with Crippen LogP contribution in [-0.2, 0) is 4.79 Å². The molecule has 33 heavy (non-hydrogen) atoms. The fraction of sp³-hybridized carbons (Fsp3) is 0.333. The van der Waals surface area contributed by atoms with Crippen molar-refractivity contribution in [3.05, 3.63) is 83.2 Å². The summed E-state index contributed by atoms with van der Waals surface area (Å²) >= 11 is 0. The number of allylic oxidation sites excluding steroid dienone is 1. The molecule has 1 fully saturated rings. The number of carbonyl (C=O) groups is 1. The second-order valence-corrected chi connectivity index (χ2v) is 8.70. The van der Waals surface area contributed by atoms with Crippen LogP contribution in [0.1, 0.15) is 48.9 Å². The third-order valence-electron chi connectivity index (χ3n) is 6.36. The van der Waals surface area contributed by atoms with Gasteiger partial charge in [-0.3, -0.25) is 4.79 Å². The van der Waals surface area contributed by atoms with Gasteiger partial charge in [-0.2, -0.15) is 0 Å². The smallest absolute Gasteiger partial charge is 0.162 e. The number of methoxy groups -OCH3 is 1. The number of nitrogens with zero attached hydrogens (tertiary/aromatic N) is 2. The van der Waals surface area contributed by atoms with Crippen molar-refractivity contribution in [1.82, 2.24) is 9.55 Å². The van der Waals surface area contributed by atoms with Gasteiger partial charge in [-0.15, -0.1) is 0 Å². The number of benzene rings is 2. The number of aliphatic hydroxyl groups excluding tert-OH is 1. The van der Waals surface area contributed by atoms with Gasteiger partial charge in [-0.1, -0.05) is 18.2 Å². The lowest BCUT2D eigenvalue weighted by atomic mass is 9.72. The zero-order valence-corrected chi connectivity index (χ0v) is 19.2. The van der Waals surface area contributed by atoms with Gasteiger partial charge in [0.05, 0.1) is 30.9 Å². The number of ketones is 1. The highest BCUT2D eigenvalue weighted by Gasteiger charge is 2.36. The first-order chi connectivity index (χ1) is 15.9. The van der Waals surface area contributed by atoms with E-state index in [1.807, 2.05) is 42.0 Å². The lowest BCUT2D eigenvalue weighted by Gasteiger charge is -2.32. The third kappa shape index (κ3) is 4.91. The minimum Gasteiger partial charge on any atom is -0.495 e. The van der Waals surface area contributed by atoms with Crippen LogP contribution in [0.5, 0.6) is 5.75 Å². The number of hydrogen-bond acceptors (Lipinski definition) is 4. The number of aliphatic hydroxyl groups is 1. The highest BCUT2D eigenvalue weighted by Crippen LogP contribution is 2.39. The standard InChI is InChI=1S/C27H29FN2O3/c1-17-15-30(16-29-17)24-12-7-19(14-25(24)33-3)13-21-5-4-6-23(27(21)32)26(18(2)31)20-8-10-22(28)11-9-20/h7-16,18,23,26,31H,4-6H2,1-3H3/t18-,23-,26?/m1/s1. The number of rotatable bonds is 6. The van der Waals surface area contributed by atoms with E-state index in [0.29, 0.717) is 18.6 Å². The van der Waals surface area contributed by atoms with Crippen molar-refractivity contribution in [3.63, 3.8) is 0 Å². The van der Waals surface area contributed by atoms with Gasteiger partial charge < -0.3 is 14.4 Å². The van der Waals surface area contributed by atoms with Gasteiger partial charge >= 0.3 is 0 Å². The first kappa shape index (κ1) is 22.9. The summed E-state index contributed by atoms with van der Waals surface area (Å²) in [5.74, 6) is -0.310. The Kier molecular flexibility index (Phi) is 6.75. The molecule has 3 aromatic rings. The van der Waals surface area contributed by atoms with Crippen LogP contribution in [0.2, 0.25) is 0 Å². The zero-order chi connectivity index (χ0) is 23.5. The number of Topliss-reactive ketones (excluding diaryl/α,β-unsaturated/α-hetero) is 1. The molecule has 0 radical (unpaired) electrons. The van der Waals surface area contributed by atoms with E-state index >= 15 is 0 Å². The van der Waals surface area contributed by atoms with Gasteiger partial charge in [0, 0.05) is 18.0 Å². The predicted molar refractivity (Wildman–Crippen MR) is 126 cm³/mol. The third-order valence-corrected chi connectivity index (χ3v) is 6.36. The van der Waals surface area contributed by atoms with Crippen LogP contribution in [0.25, 0.3) is 11.8 Å². The summed E-state index contributed by atoms with van der Waals surface area (Å²) < 4.78 is 20.9. The van der Waals surface area contributed by atoms with Crippen LogP contribution in [0.4, 0.5) is 4.39 Å². The number of aromatic nitrogens is 2. The minimum absolute atomic E-state index is 0.0461. The normalized spacial score (nSPS) is 19.5. The van der Waals surface area contributed by atoms with Crippen LogP contribution in [0.3, 0.4) is 0 Å². The van der Waals surface area contributed by atoms with Gasteiger partial charge in [0.2, 0.25) is 0 Å². The van der Waals surface area contributed by atoms with Crippen molar-refractivity contribution in [2.24, 2.45) is 5.92 Å². The molecular formula is C27H29FN2O3. The Morgan fingerprint density at radius 3 is 2.64 bits per heavy atom. The molecule has 172 valence electrons. The maximum Gasteiger partial charge on any atom is 0.162 e. The molecule has 0 aliphatic heterocycles. The van der Waals surface area contributed by atoms with E-state index < -0.39 is 6.10 Å². The largest absolute Gasteiger partial charge is 0.495 e. The van der Waals surface area contributed by atoms with Crippen molar-refractivity contribution >= 4 is 11.9 Å².